The van der Waals surface area contributed by atoms with E-state index < -0.39 is 6.61 Å². The van der Waals surface area contributed by atoms with Gasteiger partial charge in [-0.25, -0.2) is 4.39 Å². The van der Waals surface area contributed by atoms with Gasteiger partial charge >= 0.3 is 0 Å². The molecule has 0 radical (unpaired) electrons. The molecule has 0 amide bonds. The number of carbonyl (C=O) groups is 1. The zero-order valence-corrected chi connectivity index (χ0v) is 15.8. The highest BCUT2D eigenvalue weighted by Gasteiger charge is 2.59. The minimum Gasteiger partial charge on any atom is -0.389 e. The highest BCUT2D eigenvalue weighted by atomic mass is 19.1. The van der Waals surface area contributed by atoms with Crippen LogP contribution in [0.15, 0.2) is 23.0 Å². The van der Waals surface area contributed by atoms with Crippen molar-refractivity contribution in [2.24, 2.45) is 34.5 Å². The molecule has 0 aliphatic heterocycles. The molecule has 0 aromatic carbocycles. The number of carbonyl (C=O) groups excluding carboxylic acids is 1. The lowest BCUT2D eigenvalue weighted by Gasteiger charge is -2.59. The number of rotatable bonds is 1. The molecule has 138 valence electrons. The van der Waals surface area contributed by atoms with Crippen molar-refractivity contribution < 1.29 is 14.3 Å². The first-order chi connectivity index (χ1) is 11.8. The molecule has 25 heavy (non-hydrogen) atoms. The Labute approximate surface area is 150 Å². The Hall–Kier alpha value is -0.960. The van der Waals surface area contributed by atoms with Gasteiger partial charge in [-0.15, -0.1) is 0 Å². The van der Waals surface area contributed by atoms with Crippen LogP contribution in [-0.4, -0.2) is 17.5 Å². The van der Waals surface area contributed by atoms with Gasteiger partial charge in [0.15, 0.2) is 5.78 Å². The maximum absolute atomic E-state index is 14.3. The van der Waals surface area contributed by atoms with Gasteiger partial charge in [0.25, 0.3) is 0 Å². The molecule has 0 aromatic heterocycles. The van der Waals surface area contributed by atoms with Gasteiger partial charge in [-0.2, -0.15) is 0 Å². The topological polar surface area (TPSA) is 37.3 Å². The number of hydrogen-bond acceptors (Lipinski definition) is 2. The van der Waals surface area contributed by atoms with Crippen molar-refractivity contribution in [1.29, 1.82) is 0 Å². The number of allylic oxidation sites excluding steroid dienone is 2. The second kappa shape index (κ2) is 5.77. The van der Waals surface area contributed by atoms with E-state index >= 15 is 0 Å². The fraction of sp³-hybridized carbons (Fsp3) is 0.773. The van der Waals surface area contributed by atoms with Crippen LogP contribution in [0.1, 0.15) is 65.7 Å². The largest absolute Gasteiger partial charge is 0.389 e. The second-order valence-corrected chi connectivity index (χ2v) is 9.48. The fourth-order valence-corrected chi connectivity index (χ4v) is 7.29. The molecule has 0 spiro atoms. The Morgan fingerprint density at radius 1 is 1.24 bits per heavy atom. The van der Waals surface area contributed by atoms with Crippen molar-refractivity contribution in [3.8, 4) is 0 Å². The Morgan fingerprint density at radius 3 is 2.72 bits per heavy atom. The van der Waals surface area contributed by atoms with Crippen LogP contribution in [0.25, 0.3) is 0 Å². The number of aliphatic hydroxyl groups excluding tert-OH is 1. The summed E-state index contributed by atoms with van der Waals surface area (Å²) >= 11 is 0. The van der Waals surface area contributed by atoms with Crippen LogP contribution in [0, 0.1) is 34.5 Å². The van der Waals surface area contributed by atoms with Crippen molar-refractivity contribution in [3.63, 3.8) is 0 Å². The van der Waals surface area contributed by atoms with Gasteiger partial charge in [0.2, 0.25) is 0 Å². The van der Waals surface area contributed by atoms with Gasteiger partial charge in [-0.1, -0.05) is 26.3 Å². The molecule has 6 atom stereocenters. The number of halogens is 1. The maximum Gasteiger partial charge on any atom is 0.155 e. The summed E-state index contributed by atoms with van der Waals surface area (Å²) < 4.78 is 14.3. The lowest BCUT2D eigenvalue weighted by molar-refractivity contribution is -0.119. The minimum atomic E-state index is -0.449. The predicted octanol–water partition coefficient (Wildman–Crippen LogP) is 4.98. The minimum absolute atomic E-state index is 0.0702. The number of fused-ring (bicyclic) bond motifs is 5. The Bertz CT molecular complexity index is 663. The molecule has 0 bridgehead atoms. The first kappa shape index (κ1) is 17.5. The summed E-state index contributed by atoms with van der Waals surface area (Å²) in [6.07, 6.45) is 8.80. The summed E-state index contributed by atoms with van der Waals surface area (Å²) in [5.74, 6) is 2.20. The quantitative estimate of drug-likeness (QED) is 0.727. The van der Waals surface area contributed by atoms with Crippen LogP contribution in [0.4, 0.5) is 4.39 Å². The molecule has 4 aliphatic carbocycles. The average molecular weight is 346 g/mol. The van der Waals surface area contributed by atoms with E-state index in [9.17, 15) is 14.3 Å². The number of hydrogen-bond donors (Lipinski definition) is 1. The van der Waals surface area contributed by atoms with Crippen LogP contribution in [-0.2, 0) is 4.79 Å². The van der Waals surface area contributed by atoms with E-state index in [2.05, 4.69) is 20.8 Å². The highest BCUT2D eigenvalue weighted by Crippen LogP contribution is 2.67. The van der Waals surface area contributed by atoms with Crippen LogP contribution >= 0.6 is 0 Å². The van der Waals surface area contributed by atoms with Crippen molar-refractivity contribution in [3.05, 3.63) is 23.0 Å². The molecule has 5 unspecified atom stereocenters. The maximum atomic E-state index is 14.3. The third kappa shape index (κ3) is 2.27. The molecule has 4 rings (SSSR count). The van der Waals surface area contributed by atoms with Crippen LogP contribution in [0.2, 0.25) is 0 Å². The normalized spacial score (nSPS) is 48.4. The third-order valence-corrected chi connectivity index (χ3v) is 8.76. The summed E-state index contributed by atoms with van der Waals surface area (Å²) in [6, 6.07) is 0. The predicted molar refractivity (Wildman–Crippen MR) is 96.5 cm³/mol. The van der Waals surface area contributed by atoms with Crippen molar-refractivity contribution in [2.75, 3.05) is 6.61 Å². The molecular weight excluding hydrogens is 315 g/mol. The van der Waals surface area contributed by atoms with Gasteiger partial charge in [0.05, 0.1) is 6.61 Å². The summed E-state index contributed by atoms with van der Waals surface area (Å²) in [5, 5.41) is 9.32. The Balaban J connectivity index is 1.71. The fourth-order valence-electron chi connectivity index (χ4n) is 7.29. The van der Waals surface area contributed by atoms with E-state index in [1.54, 1.807) is 0 Å². The Morgan fingerprint density at radius 2 is 2.00 bits per heavy atom. The highest BCUT2D eigenvalue weighted by molar-refractivity contribution is 5.92. The second-order valence-electron chi connectivity index (χ2n) is 9.48. The van der Waals surface area contributed by atoms with Gasteiger partial charge < -0.3 is 5.11 Å². The zero-order valence-electron chi connectivity index (χ0n) is 15.8. The van der Waals surface area contributed by atoms with E-state index in [1.165, 1.54) is 5.57 Å². The van der Waals surface area contributed by atoms with Gasteiger partial charge in [-0.05, 0) is 84.7 Å². The van der Waals surface area contributed by atoms with Gasteiger partial charge in [-0.3, -0.25) is 4.79 Å². The molecule has 1 N–H and O–H groups in total. The summed E-state index contributed by atoms with van der Waals surface area (Å²) in [4.78, 5) is 12.1. The molecule has 2 nitrogen and oxygen atoms in total. The van der Waals surface area contributed by atoms with E-state index in [1.807, 2.05) is 6.08 Å². The van der Waals surface area contributed by atoms with Crippen molar-refractivity contribution in [1.82, 2.24) is 0 Å². The molecule has 0 saturated heterocycles. The van der Waals surface area contributed by atoms with Crippen LogP contribution in [0.3, 0.4) is 0 Å². The van der Waals surface area contributed by atoms with Crippen LogP contribution in [0.5, 0.6) is 0 Å². The standard InChI is InChI=1S/C22H31FO2/c1-13-10-15(25)11-14-4-5-16-17-6-7-19(20(23)12-24)21(17,2)9-8-18(16)22(13,14)3/h11,13,16-18,24H,4-10,12H2,1-3H3/b20-19+/t13-,16?,17?,18?,21?,22?/m0/s1. The SMILES string of the molecule is C[C@H]1CC(=O)C=C2CCC3C4CC/C(=C(\F)CO)C4(C)CCC3C21C. The number of aliphatic hydroxyl groups is 1. The molecule has 3 heteroatoms. The molecule has 3 fully saturated rings. The van der Waals surface area contributed by atoms with Gasteiger partial charge in [0.1, 0.15) is 5.83 Å². The van der Waals surface area contributed by atoms with Crippen molar-refractivity contribution >= 4 is 5.78 Å². The van der Waals surface area contributed by atoms with E-state index in [0.29, 0.717) is 35.9 Å². The van der Waals surface area contributed by atoms with E-state index in [4.69, 9.17) is 0 Å². The smallest absolute Gasteiger partial charge is 0.155 e. The monoisotopic (exact) mass is 346 g/mol. The lowest BCUT2D eigenvalue weighted by Crippen LogP contribution is -2.52. The van der Waals surface area contributed by atoms with Crippen molar-refractivity contribution in [2.45, 2.75) is 65.7 Å². The zero-order chi connectivity index (χ0) is 18.0. The average Bonchev–Trinajstić information content (AvgIpc) is 2.93. The van der Waals surface area contributed by atoms with Gasteiger partial charge in [0, 0.05) is 6.42 Å². The lowest BCUT2D eigenvalue weighted by atomic mass is 9.45. The van der Waals surface area contributed by atoms with Crippen LogP contribution < -0.4 is 0 Å². The molecule has 0 heterocycles. The Kier molecular flexibility index (Phi) is 4.03. The molecule has 0 aromatic rings. The number of ketones is 1. The first-order valence-electron chi connectivity index (χ1n) is 10.0. The summed E-state index contributed by atoms with van der Waals surface area (Å²) in [6.45, 7) is 6.45. The molecule has 3 saturated carbocycles. The third-order valence-electron chi connectivity index (χ3n) is 8.76. The molecule has 4 aliphatic rings. The van der Waals surface area contributed by atoms with E-state index in [0.717, 1.165) is 44.1 Å². The first-order valence-corrected chi connectivity index (χ1v) is 10.0. The summed E-state index contributed by atoms with van der Waals surface area (Å²) in [5.41, 5.74) is 2.35. The summed E-state index contributed by atoms with van der Waals surface area (Å²) in [7, 11) is 0. The molecular formula is C22H31FO2. The van der Waals surface area contributed by atoms with E-state index in [-0.39, 0.29) is 16.7 Å².